The Kier molecular flexibility index (Phi) is 3.14. The maximum absolute atomic E-state index is 11.6. The molecule has 0 aliphatic rings. The Hall–Kier alpha value is -1.36. The summed E-state index contributed by atoms with van der Waals surface area (Å²) in [5, 5.41) is 0. The third-order valence-corrected chi connectivity index (χ3v) is 2.54. The molecule has 5 heteroatoms. The van der Waals surface area contributed by atoms with Gasteiger partial charge in [-0.2, -0.15) is 0 Å². The van der Waals surface area contributed by atoms with Gasteiger partial charge in [0.2, 0.25) is 10.0 Å². The first-order valence-electron chi connectivity index (χ1n) is 4.39. The molecule has 1 N–H and O–H groups in total. The molecule has 1 aromatic carbocycles. The summed E-state index contributed by atoms with van der Waals surface area (Å²) in [5.41, 5.74) is 1.94. The molecule has 82 valence electrons. The number of carbonyl (C=O) groups is 1. The predicted molar refractivity (Wildman–Crippen MR) is 58.2 cm³/mol. The first-order valence-corrected chi connectivity index (χ1v) is 6.29. The van der Waals surface area contributed by atoms with E-state index < -0.39 is 15.9 Å². The summed E-state index contributed by atoms with van der Waals surface area (Å²) < 4.78 is 23.8. The van der Waals surface area contributed by atoms with E-state index in [1.54, 1.807) is 26.0 Å². The number of benzene rings is 1. The van der Waals surface area contributed by atoms with Gasteiger partial charge in [-0.1, -0.05) is 18.2 Å². The van der Waals surface area contributed by atoms with Crippen LogP contribution in [0.4, 0.5) is 0 Å². The maximum atomic E-state index is 11.6. The van der Waals surface area contributed by atoms with Gasteiger partial charge in [0.15, 0.2) is 0 Å². The van der Waals surface area contributed by atoms with Crippen LogP contribution < -0.4 is 4.72 Å². The zero-order valence-electron chi connectivity index (χ0n) is 8.87. The highest BCUT2D eigenvalue weighted by Gasteiger charge is 2.15. The molecule has 0 fully saturated rings. The zero-order valence-corrected chi connectivity index (χ0v) is 9.68. The predicted octanol–water partition coefficient (Wildman–Crippen LogP) is 0.993. The van der Waals surface area contributed by atoms with E-state index in [0.717, 1.165) is 17.4 Å². The molecule has 0 spiro atoms. The maximum Gasteiger partial charge on any atom is 0.265 e. The minimum Gasteiger partial charge on any atom is -0.268 e. The molecule has 1 aromatic rings. The molecule has 0 saturated heterocycles. The van der Waals surface area contributed by atoms with Crippen LogP contribution in [0.15, 0.2) is 18.2 Å². The van der Waals surface area contributed by atoms with E-state index in [9.17, 15) is 13.2 Å². The van der Waals surface area contributed by atoms with E-state index in [-0.39, 0.29) is 0 Å². The highest BCUT2D eigenvalue weighted by atomic mass is 32.2. The van der Waals surface area contributed by atoms with Crippen molar-refractivity contribution >= 4 is 15.9 Å². The second kappa shape index (κ2) is 4.02. The Morgan fingerprint density at radius 2 is 1.67 bits per heavy atom. The summed E-state index contributed by atoms with van der Waals surface area (Å²) in [6.45, 7) is 3.54. The lowest BCUT2D eigenvalue weighted by molar-refractivity contribution is 0.0980. The normalized spacial score (nSPS) is 11.1. The van der Waals surface area contributed by atoms with Crippen LogP contribution in [-0.2, 0) is 10.0 Å². The Balaban J connectivity index is 3.12. The fraction of sp³-hybridized carbons (Fsp3) is 0.300. The van der Waals surface area contributed by atoms with Gasteiger partial charge in [-0.05, 0) is 25.0 Å². The highest BCUT2D eigenvalue weighted by Crippen LogP contribution is 2.12. The molecule has 0 atom stereocenters. The van der Waals surface area contributed by atoms with Crippen molar-refractivity contribution in [3.8, 4) is 0 Å². The summed E-state index contributed by atoms with van der Waals surface area (Å²) in [6.07, 6.45) is 0.957. The Morgan fingerprint density at radius 1 is 1.20 bits per heavy atom. The third-order valence-electron chi connectivity index (χ3n) is 1.99. The number of nitrogens with one attached hydrogen (secondary N) is 1. The Bertz CT molecular complexity index is 471. The fourth-order valence-corrected chi connectivity index (χ4v) is 1.83. The smallest absolute Gasteiger partial charge is 0.265 e. The lowest BCUT2D eigenvalue weighted by Gasteiger charge is -2.08. The summed E-state index contributed by atoms with van der Waals surface area (Å²) in [6, 6.07) is 5.36. The van der Waals surface area contributed by atoms with Crippen LogP contribution in [0.3, 0.4) is 0 Å². The van der Waals surface area contributed by atoms with Gasteiger partial charge in [0, 0.05) is 5.56 Å². The third kappa shape index (κ3) is 3.06. The molecule has 0 saturated carbocycles. The Labute approximate surface area is 89.4 Å². The first-order chi connectivity index (χ1) is 6.81. The van der Waals surface area contributed by atoms with E-state index in [0.29, 0.717) is 5.56 Å². The molecule has 0 aliphatic heterocycles. The number of amides is 1. The van der Waals surface area contributed by atoms with Gasteiger partial charge in [-0.15, -0.1) is 0 Å². The van der Waals surface area contributed by atoms with Gasteiger partial charge in [-0.3, -0.25) is 4.79 Å². The van der Waals surface area contributed by atoms with E-state index in [4.69, 9.17) is 0 Å². The topological polar surface area (TPSA) is 63.2 Å². The first kappa shape index (κ1) is 11.7. The summed E-state index contributed by atoms with van der Waals surface area (Å²) in [7, 11) is -3.50. The van der Waals surface area contributed by atoms with E-state index in [2.05, 4.69) is 0 Å². The molecular weight excluding hydrogens is 214 g/mol. The number of carbonyl (C=O) groups excluding carboxylic acids is 1. The lowest BCUT2D eigenvalue weighted by Crippen LogP contribution is -2.30. The van der Waals surface area contributed by atoms with Crippen LogP contribution in [0.1, 0.15) is 21.5 Å². The van der Waals surface area contributed by atoms with E-state index in [1.807, 2.05) is 10.8 Å². The van der Waals surface area contributed by atoms with Crippen molar-refractivity contribution in [3.05, 3.63) is 34.9 Å². The SMILES string of the molecule is Cc1cccc(C)c1C(=O)NS(C)(=O)=O. The van der Waals surface area contributed by atoms with Crippen molar-refractivity contribution in [2.24, 2.45) is 0 Å². The molecule has 0 radical (unpaired) electrons. The molecular formula is C10H13NO3S. The van der Waals surface area contributed by atoms with Crippen molar-refractivity contribution in [2.45, 2.75) is 13.8 Å². The lowest BCUT2D eigenvalue weighted by atomic mass is 10.0. The van der Waals surface area contributed by atoms with Crippen molar-refractivity contribution in [1.29, 1.82) is 0 Å². The minimum atomic E-state index is -3.50. The average molecular weight is 227 g/mol. The molecule has 0 heterocycles. The van der Waals surface area contributed by atoms with Crippen LogP contribution in [0.2, 0.25) is 0 Å². The molecule has 0 unspecified atom stereocenters. The van der Waals surface area contributed by atoms with E-state index >= 15 is 0 Å². The zero-order chi connectivity index (χ0) is 11.6. The molecule has 1 rings (SSSR count). The highest BCUT2D eigenvalue weighted by molar-refractivity contribution is 7.89. The number of aryl methyl sites for hydroxylation is 2. The number of hydrogen-bond donors (Lipinski definition) is 1. The quantitative estimate of drug-likeness (QED) is 0.819. The largest absolute Gasteiger partial charge is 0.268 e. The summed E-state index contributed by atoms with van der Waals surface area (Å²) in [4.78, 5) is 11.6. The van der Waals surface area contributed by atoms with Crippen molar-refractivity contribution in [1.82, 2.24) is 4.72 Å². The van der Waals surface area contributed by atoms with Crippen LogP contribution in [0, 0.1) is 13.8 Å². The van der Waals surface area contributed by atoms with Gasteiger partial charge < -0.3 is 0 Å². The molecule has 1 amide bonds. The van der Waals surface area contributed by atoms with Gasteiger partial charge >= 0.3 is 0 Å². The van der Waals surface area contributed by atoms with Crippen LogP contribution in [-0.4, -0.2) is 20.6 Å². The van der Waals surface area contributed by atoms with E-state index in [1.165, 1.54) is 0 Å². The van der Waals surface area contributed by atoms with Gasteiger partial charge in [-0.25, -0.2) is 13.1 Å². The number of sulfonamides is 1. The number of rotatable bonds is 2. The van der Waals surface area contributed by atoms with Crippen molar-refractivity contribution in [3.63, 3.8) is 0 Å². The second-order valence-corrected chi connectivity index (χ2v) is 5.22. The summed E-state index contributed by atoms with van der Waals surface area (Å²) >= 11 is 0. The fourth-order valence-electron chi connectivity index (χ4n) is 1.39. The average Bonchev–Trinajstić information content (AvgIpc) is 1.99. The standard InChI is InChI=1S/C10H13NO3S/c1-7-5-4-6-8(2)9(7)10(12)11-15(3,13)14/h4-6H,1-3H3,(H,11,12). The molecule has 0 aromatic heterocycles. The van der Waals surface area contributed by atoms with Crippen molar-refractivity contribution < 1.29 is 13.2 Å². The van der Waals surface area contributed by atoms with Gasteiger partial charge in [0.25, 0.3) is 5.91 Å². The second-order valence-electron chi connectivity index (χ2n) is 3.47. The number of hydrogen-bond acceptors (Lipinski definition) is 3. The van der Waals surface area contributed by atoms with Crippen LogP contribution >= 0.6 is 0 Å². The van der Waals surface area contributed by atoms with Gasteiger partial charge in [0.05, 0.1) is 6.26 Å². The Morgan fingerprint density at radius 3 is 2.07 bits per heavy atom. The molecule has 0 aliphatic carbocycles. The van der Waals surface area contributed by atoms with Gasteiger partial charge in [0.1, 0.15) is 0 Å². The monoisotopic (exact) mass is 227 g/mol. The van der Waals surface area contributed by atoms with Crippen LogP contribution in [0.5, 0.6) is 0 Å². The molecule has 4 nitrogen and oxygen atoms in total. The summed E-state index contributed by atoms with van der Waals surface area (Å²) in [5.74, 6) is -0.576. The van der Waals surface area contributed by atoms with Crippen molar-refractivity contribution in [2.75, 3.05) is 6.26 Å². The molecule has 15 heavy (non-hydrogen) atoms. The molecule has 0 bridgehead atoms. The van der Waals surface area contributed by atoms with Crippen LogP contribution in [0.25, 0.3) is 0 Å². The minimum absolute atomic E-state index is 0.419.